The molecule has 2 N–H and O–H groups in total. The van der Waals surface area contributed by atoms with Crippen LogP contribution in [0.2, 0.25) is 0 Å². The Morgan fingerprint density at radius 1 is 1.16 bits per heavy atom. The zero-order chi connectivity index (χ0) is 14.0. The topological polar surface area (TPSA) is 60.2 Å². The Hall–Kier alpha value is -1.40. The first kappa shape index (κ1) is 14.0. The molecule has 100 valence electrons. The maximum Gasteiger partial charge on any atom is 0.185 e. The number of rotatable bonds is 3. The van der Waals surface area contributed by atoms with Gasteiger partial charge in [0.15, 0.2) is 9.84 Å². The minimum Gasteiger partial charge on any atom is -0.399 e. The Kier molecular flexibility index (Phi) is 3.91. The summed E-state index contributed by atoms with van der Waals surface area (Å²) in [5.74, 6) is -1.04. The lowest BCUT2D eigenvalue weighted by Crippen LogP contribution is -2.07. The van der Waals surface area contributed by atoms with E-state index in [4.69, 9.17) is 5.73 Å². The molecule has 2 rings (SSSR count). The number of benzene rings is 2. The van der Waals surface area contributed by atoms with Crippen LogP contribution in [-0.4, -0.2) is 8.42 Å². The molecule has 2 aromatic rings. The lowest BCUT2D eigenvalue weighted by molar-refractivity contribution is 0.566. The van der Waals surface area contributed by atoms with Crippen molar-refractivity contribution >= 4 is 31.5 Å². The fraction of sp³-hybridized carbons (Fsp3) is 0.0769. The summed E-state index contributed by atoms with van der Waals surface area (Å²) in [5, 5.41) is 0. The minimum atomic E-state index is -3.73. The predicted octanol–water partition coefficient (Wildman–Crippen LogP) is 3.14. The van der Waals surface area contributed by atoms with Crippen molar-refractivity contribution in [3.8, 4) is 0 Å². The van der Waals surface area contributed by atoms with Crippen molar-refractivity contribution in [1.82, 2.24) is 0 Å². The number of anilines is 1. The summed E-state index contributed by atoms with van der Waals surface area (Å²) < 4.78 is 38.5. The second kappa shape index (κ2) is 5.30. The van der Waals surface area contributed by atoms with Crippen molar-refractivity contribution < 1.29 is 12.8 Å². The molecule has 0 saturated heterocycles. The van der Waals surface area contributed by atoms with Gasteiger partial charge in [0.1, 0.15) is 10.7 Å². The molecule has 19 heavy (non-hydrogen) atoms. The Labute approximate surface area is 119 Å². The highest BCUT2D eigenvalue weighted by atomic mass is 79.9. The van der Waals surface area contributed by atoms with Gasteiger partial charge >= 0.3 is 0 Å². The summed E-state index contributed by atoms with van der Waals surface area (Å²) in [4.78, 5) is -0.298. The number of nitrogen functional groups attached to an aromatic ring is 1. The van der Waals surface area contributed by atoms with E-state index in [-0.39, 0.29) is 10.6 Å². The highest BCUT2D eigenvalue weighted by Gasteiger charge is 2.19. The normalized spacial score (nSPS) is 11.5. The SMILES string of the molecule is Nc1cc(Br)cc(CS(=O)(=O)c2ccccc2F)c1. The van der Waals surface area contributed by atoms with Crippen molar-refractivity contribution in [2.45, 2.75) is 10.6 Å². The third-order valence-corrected chi connectivity index (χ3v) is 4.68. The van der Waals surface area contributed by atoms with Crippen LogP contribution in [-0.2, 0) is 15.6 Å². The van der Waals surface area contributed by atoms with Gasteiger partial charge in [-0.3, -0.25) is 0 Å². The molecule has 0 aliphatic carbocycles. The molecule has 3 nitrogen and oxygen atoms in total. The molecule has 0 aliphatic heterocycles. The monoisotopic (exact) mass is 343 g/mol. The molecular weight excluding hydrogens is 333 g/mol. The molecule has 0 fully saturated rings. The third-order valence-electron chi connectivity index (χ3n) is 2.51. The van der Waals surface area contributed by atoms with Crippen molar-refractivity contribution in [2.75, 3.05) is 5.73 Å². The zero-order valence-electron chi connectivity index (χ0n) is 9.81. The summed E-state index contributed by atoms with van der Waals surface area (Å²) in [5.41, 5.74) is 6.61. The van der Waals surface area contributed by atoms with Crippen LogP contribution in [0.3, 0.4) is 0 Å². The molecule has 0 amide bonds. The van der Waals surface area contributed by atoms with Gasteiger partial charge in [-0.2, -0.15) is 0 Å². The average molecular weight is 344 g/mol. The number of hydrogen-bond acceptors (Lipinski definition) is 3. The number of hydrogen-bond donors (Lipinski definition) is 1. The van der Waals surface area contributed by atoms with E-state index in [1.54, 1.807) is 18.2 Å². The van der Waals surface area contributed by atoms with Crippen LogP contribution < -0.4 is 5.73 Å². The van der Waals surface area contributed by atoms with E-state index in [0.29, 0.717) is 15.7 Å². The lowest BCUT2D eigenvalue weighted by Gasteiger charge is -2.07. The number of nitrogens with two attached hydrogens (primary N) is 1. The largest absolute Gasteiger partial charge is 0.399 e. The highest BCUT2D eigenvalue weighted by molar-refractivity contribution is 9.10. The van der Waals surface area contributed by atoms with E-state index < -0.39 is 15.7 Å². The van der Waals surface area contributed by atoms with E-state index in [2.05, 4.69) is 15.9 Å². The molecule has 0 radical (unpaired) electrons. The molecule has 0 atom stereocenters. The summed E-state index contributed by atoms with van der Waals surface area (Å²) in [7, 11) is -3.73. The van der Waals surface area contributed by atoms with E-state index in [0.717, 1.165) is 6.07 Å². The highest BCUT2D eigenvalue weighted by Crippen LogP contribution is 2.23. The van der Waals surface area contributed by atoms with E-state index in [1.807, 2.05) is 0 Å². The Balaban J connectivity index is 2.39. The predicted molar refractivity (Wildman–Crippen MR) is 75.8 cm³/mol. The van der Waals surface area contributed by atoms with Gasteiger partial charge in [-0.1, -0.05) is 28.1 Å². The fourth-order valence-electron chi connectivity index (χ4n) is 1.75. The van der Waals surface area contributed by atoms with Crippen LogP contribution in [0.1, 0.15) is 5.56 Å². The fourth-order valence-corrected chi connectivity index (χ4v) is 3.72. The number of sulfone groups is 1. The average Bonchev–Trinajstić information content (AvgIpc) is 2.26. The lowest BCUT2D eigenvalue weighted by atomic mass is 10.2. The second-order valence-corrected chi connectivity index (χ2v) is 6.96. The summed E-state index contributed by atoms with van der Waals surface area (Å²) >= 11 is 3.24. The Bertz CT molecular complexity index is 696. The zero-order valence-corrected chi connectivity index (χ0v) is 12.2. The molecule has 6 heteroatoms. The molecule has 0 spiro atoms. The van der Waals surface area contributed by atoms with E-state index in [1.165, 1.54) is 18.2 Å². The molecule has 0 bridgehead atoms. The van der Waals surface area contributed by atoms with Crippen molar-refractivity contribution in [3.63, 3.8) is 0 Å². The maximum atomic E-state index is 13.5. The second-order valence-electron chi connectivity index (χ2n) is 4.08. The smallest absolute Gasteiger partial charge is 0.185 e. The van der Waals surface area contributed by atoms with Crippen LogP contribution in [0.25, 0.3) is 0 Å². The van der Waals surface area contributed by atoms with Crippen molar-refractivity contribution in [1.29, 1.82) is 0 Å². The van der Waals surface area contributed by atoms with Crippen LogP contribution in [0.5, 0.6) is 0 Å². The van der Waals surface area contributed by atoms with Gasteiger partial charge in [0.05, 0.1) is 5.75 Å². The number of halogens is 2. The molecule has 0 saturated carbocycles. The minimum absolute atomic E-state index is 0.294. The summed E-state index contributed by atoms with van der Waals surface area (Å²) in [6.45, 7) is 0. The van der Waals surface area contributed by atoms with Gasteiger partial charge in [-0.25, -0.2) is 12.8 Å². The molecule has 0 aromatic heterocycles. The van der Waals surface area contributed by atoms with Crippen LogP contribution in [0.15, 0.2) is 51.8 Å². The van der Waals surface area contributed by atoms with Gasteiger partial charge in [0.25, 0.3) is 0 Å². The van der Waals surface area contributed by atoms with Gasteiger partial charge in [-0.05, 0) is 35.9 Å². The Morgan fingerprint density at radius 2 is 1.84 bits per heavy atom. The van der Waals surface area contributed by atoms with Crippen LogP contribution in [0, 0.1) is 5.82 Å². The van der Waals surface area contributed by atoms with Crippen molar-refractivity contribution in [2.24, 2.45) is 0 Å². The first-order valence-electron chi connectivity index (χ1n) is 5.41. The van der Waals surface area contributed by atoms with Gasteiger partial charge in [-0.15, -0.1) is 0 Å². The van der Waals surface area contributed by atoms with E-state index in [9.17, 15) is 12.8 Å². The van der Waals surface area contributed by atoms with Gasteiger partial charge in [0.2, 0.25) is 0 Å². The van der Waals surface area contributed by atoms with Crippen molar-refractivity contribution in [3.05, 3.63) is 58.3 Å². The molecule has 0 aliphatic rings. The standard InChI is InChI=1S/C13H11BrFNO2S/c14-10-5-9(6-11(16)7-10)8-19(17,18)13-4-2-1-3-12(13)15/h1-7H,8,16H2. The Morgan fingerprint density at radius 3 is 2.47 bits per heavy atom. The third kappa shape index (κ3) is 3.33. The van der Waals surface area contributed by atoms with Crippen LogP contribution >= 0.6 is 15.9 Å². The first-order valence-corrected chi connectivity index (χ1v) is 7.85. The molecular formula is C13H11BrFNO2S. The van der Waals surface area contributed by atoms with Crippen LogP contribution in [0.4, 0.5) is 10.1 Å². The quantitative estimate of drug-likeness (QED) is 0.871. The summed E-state index contributed by atoms with van der Waals surface area (Å²) in [6.07, 6.45) is 0. The first-order chi connectivity index (χ1) is 8.88. The van der Waals surface area contributed by atoms with Gasteiger partial charge in [0, 0.05) is 10.2 Å². The summed E-state index contributed by atoms with van der Waals surface area (Å²) in [6, 6.07) is 10.2. The van der Waals surface area contributed by atoms with Gasteiger partial charge < -0.3 is 5.73 Å². The van der Waals surface area contributed by atoms with E-state index >= 15 is 0 Å². The molecule has 0 heterocycles. The maximum absolute atomic E-state index is 13.5. The molecule has 2 aromatic carbocycles. The molecule has 0 unspecified atom stereocenters.